The zero-order chi connectivity index (χ0) is 14.7. The molecular weight excluding hydrogens is 305 g/mol. The number of methoxy groups -OCH3 is 1. The molecule has 2 heterocycles. The lowest BCUT2D eigenvalue weighted by Gasteiger charge is -2.10. The molecule has 2 nitrogen and oxygen atoms in total. The van der Waals surface area contributed by atoms with E-state index in [1.54, 1.807) is 35.8 Å². The van der Waals surface area contributed by atoms with Crippen LogP contribution < -0.4 is 10.1 Å². The fraction of sp³-hybridized carbons (Fsp3) is 0.125. The van der Waals surface area contributed by atoms with Gasteiger partial charge in [0.05, 0.1) is 12.8 Å². The number of nitrogens with one attached hydrogen (secondary N) is 1. The van der Waals surface area contributed by atoms with Crippen LogP contribution in [0, 0.1) is 5.82 Å². The minimum absolute atomic E-state index is 0.298. The van der Waals surface area contributed by atoms with Gasteiger partial charge in [0, 0.05) is 27.9 Å². The van der Waals surface area contributed by atoms with E-state index in [4.69, 9.17) is 4.74 Å². The molecule has 1 aromatic carbocycles. The summed E-state index contributed by atoms with van der Waals surface area (Å²) in [6, 6.07) is 10.9. The average molecular weight is 319 g/mol. The van der Waals surface area contributed by atoms with Crippen LogP contribution in [0.5, 0.6) is 5.75 Å². The molecule has 0 aliphatic carbocycles. The fourth-order valence-electron chi connectivity index (χ4n) is 2.04. The van der Waals surface area contributed by atoms with Gasteiger partial charge in [0.15, 0.2) is 0 Å². The van der Waals surface area contributed by atoms with Crippen LogP contribution in [-0.4, -0.2) is 7.11 Å². The van der Waals surface area contributed by atoms with E-state index >= 15 is 0 Å². The van der Waals surface area contributed by atoms with Gasteiger partial charge in [-0.25, -0.2) is 4.39 Å². The molecular formula is C16H14FNOS2. The molecule has 21 heavy (non-hydrogen) atoms. The molecule has 1 N–H and O–H groups in total. The van der Waals surface area contributed by atoms with E-state index in [9.17, 15) is 4.39 Å². The summed E-state index contributed by atoms with van der Waals surface area (Å²) in [5.74, 6) is 0.221. The smallest absolute Gasteiger partial charge is 0.144 e. The Morgan fingerprint density at radius 1 is 1.19 bits per heavy atom. The van der Waals surface area contributed by atoms with Crippen molar-refractivity contribution in [3.05, 3.63) is 57.9 Å². The minimum atomic E-state index is -0.298. The van der Waals surface area contributed by atoms with Crippen LogP contribution in [0.1, 0.15) is 4.88 Å². The first-order valence-corrected chi connectivity index (χ1v) is 8.21. The number of thiophene rings is 2. The van der Waals surface area contributed by atoms with Crippen molar-refractivity contribution in [3.63, 3.8) is 0 Å². The van der Waals surface area contributed by atoms with E-state index in [1.807, 2.05) is 0 Å². The second-order valence-corrected chi connectivity index (χ2v) is 6.42. The van der Waals surface area contributed by atoms with Gasteiger partial charge in [0.1, 0.15) is 11.6 Å². The lowest BCUT2D eigenvalue weighted by Crippen LogP contribution is -2.00. The quantitative estimate of drug-likeness (QED) is 0.694. The van der Waals surface area contributed by atoms with Crippen molar-refractivity contribution < 1.29 is 9.13 Å². The number of anilines is 1. The third-order valence-corrected chi connectivity index (χ3v) is 4.93. The van der Waals surface area contributed by atoms with Crippen molar-refractivity contribution in [2.24, 2.45) is 0 Å². The summed E-state index contributed by atoms with van der Waals surface area (Å²) in [5, 5.41) is 7.52. The van der Waals surface area contributed by atoms with Crippen molar-refractivity contribution in [2.75, 3.05) is 12.4 Å². The highest BCUT2D eigenvalue weighted by Crippen LogP contribution is 2.30. The zero-order valence-corrected chi connectivity index (χ0v) is 13.1. The lowest BCUT2D eigenvalue weighted by molar-refractivity contribution is 0.413. The van der Waals surface area contributed by atoms with E-state index in [0.29, 0.717) is 12.3 Å². The molecule has 0 saturated heterocycles. The molecule has 5 heteroatoms. The van der Waals surface area contributed by atoms with Gasteiger partial charge in [-0.15, -0.1) is 22.7 Å². The number of rotatable bonds is 5. The van der Waals surface area contributed by atoms with Gasteiger partial charge in [-0.05, 0) is 35.0 Å². The van der Waals surface area contributed by atoms with E-state index in [1.165, 1.54) is 27.5 Å². The van der Waals surface area contributed by atoms with Gasteiger partial charge in [-0.3, -0.25) is 0 Å². The summed E-state index contributed by atoms with van der Waals surface area (Å²) in [4.78, 5) is 2.50. The largest absolute Gasteiger partial charge is 0.494 e. The van der Waals surface area contributed by atoms with Crippen LogP contribution in [0.25, 0.3) is 10.4 Å². The van der Waals surface area contributed by atoms with E-state index < -0.39 is 0 Å². The third-order valence-electron chi connectivity index (χ3n) is 3.08. The Hall–Kier alpha value is -1.85. The summed E-state index contributed by atoms with van der Waals surface area (Å²) < 4.78 is 18.3. The topological polar surface area (TPSA) is 21.3 Å². The van der Waals surface area contributed by atoms with E-state index in [2.05, 4.69) is 34.3 Å². The normalized spacial score (nSPS) is 10.6. The van der Waals surface area contributed by atoms with Crippen LogP contribution >= 0.6 is 22.7 Å². The summed E-state index contributed by atoms with van der Waals surface area (Å²) in [7, 11) is 1.54. The highest BCUT2D eigenvalue weighted by atomic mass is 32.1. The molecule has 0 amide bonds. The molecule has 0 saturated carbocycles. The van der Waals surface area contributed by atoms with Gasteiger partial charge >= 0.3 is 0 Å². The summed E-state index contributed by atoms with van der Waals surface area (Å²) in [6.07, 6.45) is 0. The van der Waals surface area contributed by atoms with Crippen LogP contribution in [0.3, 0.4) is 0 Å². The molecule has 0 spiro atoms. The average Bonchev–Trinajstić information content (AvgIpc) is 3.16. The molecule has 3 aromatic rings. The highest BCUT2D eigenvalue weighted by molar-refractivity contribution is 7.14. The second-order valence-electron chi connectivity index (χ2n) is 4.48. The van der Waals surface area contributed by atoms with Gasteiger partial charge in [0.2, 0.25) is 0 Å². The standard InChI is InChI=1S/C16H14FNOS2/c1-19-15-8-12(17)4-5-14(15)18-9-13-7-11(10-21-13)16-3-2-6-20-16/h2-8,10,18H,9H2,1H3. The van der Waals surface area contributed by atoms with E-state index in [-0.39, 0.29) is 5.82 Å². The van der Waals surface area contributed by atoms with Gasteiger partial charge in [-0.2, -0.15) is 0 Å². The highest BCUT2D eigenvalue weighted by Gasteiger charge is 2.06. The van der Waals surface area contributed by atoms with Gasteiger partial charge in [0.25, 0.3) is 0 Å². The molecule has 0 bridgehead atoms. The molecule has 2 aromatic heterocycles. The molecule has 0 aliphatic heterocycles. The zero-order valence-electron chi connectivity index (χ0n) is 11.4. The predicted molar refractivity (Wildman–Crippen MR) is 87.9 cm³/mol. The Labute approximate surface area is 130 Å². The number of halogens is 1. The van der Waals surface area contributed by atoms with Crippen LogP contribution in [0.4, 0.5) is 10.1 Å². The van der Waals surface area contributed by atoms with Gasteiger partial charge in [-0.1, -0.05) is 6.07 Å². The maximum atomic E-state index is 13.2. The fourth-order valence-corrected chi connectivity index (χ4v) is 3.65. The lowest BCUT2D eigenvalue weighted by atomic mass is 10.2. The Balaban J connectivity index is 1.71. The molecule has 0 atom stereocenters. The van der Waals surface area contributed by atoms with Crippen molar-refractivity contribution in [2.45, 2.75) is 6.54 Å². The summed E-state index contributed by atoms with van der Waals surface area (Å²) in [6.45, 7) is 0.692. The molecule has 0 radical (unpaired) electrons. The number of ether oxygens (including phenoxy) is 1. The van der Waals surface area contributed by atoms with Crippen LogP contribution in [0.2, 0.25) is 0 Å². The Kier molecular flexibility index (Phi) is 4.22. The molecule has 3 rings (SSSR count). The van der Waals surface area contributed by atoms with Crippen molar-refractivity contribution >= 4 is 28.4 Å². The summed E-state index contributed by atoms with van der Waals surface area (Å²) in [5.41, 5.74) is 2.04. The minimum Gasteiger partial charge on any atom is -0.494 e. The number of hydrogen-bond acceptors (Lipinski definition) is 4. The molecule has 0 unspecified atom stereocenters. The SMILES string of the molecule is COc1cc(F)ccc1NCc1cc(-c2cccs2)cs1. The number of hydrogen-bond donors (Lipinski definition) is 1. The van der Waals surface area contributed by atoms with Crippen LogP contribution in [0.15, 0.2) is 47.2 Å². The van der Waals surface area contributed by atoms with Gasteiger partial charge < -0.3 is 10.1 Å². The van der Waals surface area contributed by atoms with Crippen LogP contribution in [-0.2, 0) is 6.54 Å². The Bertz CT molecular complexity index is 722. The molecule has 0 aliphatic rings. The number of benzene rings is 1. The first kappa shape index (κ1) is 14.1. The predicted octanol–water partition coefficient (Wildman–Crippen LogP) is 5.24. The molecule has 0 fully saturated rings. The first-order valence-electron chi connectivity index (χ1n) is 6.45. The molecule has 108 valence electrons. The Morgan fingerprint density at radius 3 is 2.86 bits per heavy atom. The van der Waals surface area contributed by atoms with Crippen molar-refractivity contribution in [1.29, 1.82) is 0 Å². The third kappa shape index (κ3) is 3.25. The van der Waals surface area contributed by atoms with Crippen molar-refractivity contribution in [3.8, 4) is 16.2 Å². The monoisotopic (exact) mass is 319 g/mol. The Morgan fingerprint density at radius 2 is 2.10 bits per heavy atom. The first-order chi connectivity index (χ1) is 10.3. The van der Waals surface area contributed by atoms with E-state index in [0.717, 1.165) is 5.69 Å². The second kappa shape index (κ2) is 6.28. The van der Waals surface area contributed by atoms with Crippen molar-refractivity contribution in [1.82, 2.24) is 0 Å². The summed E-state index contributed by atoms with van der Waals surface area (Å²) >= 11 is 3.45. The maximum absolute atomic E-state index is 13.2. The maximum Gasteiger partial charge on any atom is 0.144 e.